The van der Waals surface area contributed by atoms with Crippen LogP contribution in [0, 0.1) is 5.41 Å². The van der Waals surface area contributed by atoms with Crippen LogP contribution in [0.4, 0.5) is 0 Å². The van der Waals surface area contributed by atoms with Crippen LogP contribution < -0.4 is 0 Å². The van der Waals surface area contributed by atoms with Gasteiger partial charge in [0.2, 0.25) is 0 Å². The molecule has 2 heteroatoms. The maximum Gasteiger partial charge on any atom is 0.166 e. The lowest BCUT2D eigenvalue weighted by Crippen LogP contribution is -2.41. The van der Waals surface area contributed by atoms with Gasteiger partial charge < -0.3 is 4.74 Å². The minimum absolute atomic E-state index is 0.350. The van der Waals surface area contributed by atoms with E-state index in [4.69, 9.17) is 4.74 Å². The fraction of sp³-hybridized carbons (Fsp3) is 0.909. The molecule has 0 atom stereocenters. The molecule has 0 aromatic heterocycles. The summed E-state index contributed by atoms with van der Waals surface area (Å²) < 4.78 is 5.64. The molecule has 0 bridgehead atoms. The molecule has 0 unspecified atom stereocenters. The van der Waals surface area contributed by atoms with E-state index in [0.717, 1.165) is 25.7 Å². The third-order valence-corrected chi connectivity index (χ3v) is 3.63. The number of hydrogen-bond acceptors (Lipinski definition) is 2. The highest BCUT2D eigenvalue weighted by molar-refractivity contribution is 5.89. The Morgan fingerprint density at radius 3 is 2.23 bits per heavy atom. The number of carbonyl (C=O) groups is 1. The average molecular weight is 182 g/mol. The van der Waals surface area contributed by atoms with Crippen LogP contribution in [0.3, 0.4) is 0 Å². The minimum atomic E-state index is -0.352. The van der Waals surface area contributed by atoms with Gasteiger partial charge in [0.1, 0.15) is 5.60 Å². The fourth-order valence-corrected chi connectivity index (χ4v) is 2.40. The molecule has 2 nitrogen and oxygen atoms in total. The van der Waals surface area contributed by atoms with E-state index in [1.165, 1.54) is 0 Å². The van der Waals surface area contributed by atoms with Crippen molar-refractivity contribution < 1.29 is 9.53 Å². The molecule has 1 aliphatic carbocycles. The molecule has 0 radical (unpaired) electrons. The predicted molar refractivity (Wildman–Crippen MR) is 50.6 cm³/mol. The summed E-state index contributed by atoms with van der Waals surface area (Å²) in [6.45, 7) is 5.21. The van der Waals surface area contributed by atoms with E-state index in [2.05, 4.69) is 13.8 Å². The van der Waals surface area contributed by atoms with Gasteiger partial charge in [-0.25, -0.2) is 0 Å². The molecule has 2 aliphatic rings. The monoisotopic (exact) mass is 182 g/mol. The van der Waals surface area contributed by atoms with Crippen molar-refractivity contribution in [2.45, 2.75) is 51.6 Å². The van der Waals surface area contributed by atoms with Gasteiger partial charge in [0, 0.05) is 6.42 Å². The first kappa shape index (κ1) is 9.20. The molecule has 1 heterocycles. The van der Waals surface area contributed by atoms with E-state index >= 15 is 0 Å². The van der Waals surface area contributed by atoms with Crippen LogP contribution in [0.5, 0.6) is 0 Å². The van der Waals surface area contributed by atoms with Gasteiger partial charge in [-0.15, -0.1) is 0 Å². The molecule has 2 fully saturated rings. The number of hydrogen-bond donors (Lipinski definition) is 0. The summed E-state index contributed by atoms with van der Waals surface area (Å²) in [5.74, 6) is 0.350. The lowest BCUT2D eigenvalue weighted by atomic mass is 9.70. The van der Waals surface area contributed by atoms with E-state index in [-0.39, 0.29) is 5.60 Å². The van der Waals surface area contributed by atoms with Gasteiger partial charge in [-0.3, -0.25) is 4.79 Å². The van der Waals surface area contributed by atoms with Crippen LogP contribution in [0.25, 0.3) is 0 Å². The Morgan fingerprint density at radius 1 is 1.15 bits per heavy atom. The molecule has 0 amide bonds. The topological polar surface area (TPSA) is 26.3 Å². The van der Waals surface area contributed by atoms with E-state index < -0.39 is 0 Å². The largest absolute Gasteiger partial charge is 0.367 e. The molecule has 13 heavy (non-hydrogen) atoms. The predicted octanol–water partition coefficient (Wildman–Crippen LogP) is 2.31. The first-order valence-corrected chi connectivity index (χ1v) is 5.21. The standard InChI is InChI=1S/C11H18O2/c1-10(2)4-6-11(7-5-10)9(12)3-8-13-11/h3-8H2,1-2H3. The van der Waals surface area contributed by atoms with E-state index in [9.17, 15) is 4.79 Å². The lowest BCUT2D eigenvalue weighted by Gasteiger charge is -2.39. The van der Waals surface area contributed by atoms with E-state index in [0.29, 0.717) is 24.2 Å². The van der Waals surface area contributed by atoms with Gasteiger partial charge in [-0.05, 0) is 31.1 Å². The van der Waals surface area contributed by atoms with Crippen LogP contribution in [0.1, 0.15) is 46.0 Å². The molecular formula is C11H18O2. The van der Waals surface area contributed by atoms with Gasteiger partial charge in [-0.1, -0.05) is 13.8 Å². The van der Waals surface area contributed by atoms with Crippen molar-refractivity contribution in [3.05, 3.63) is 0 Å². The molecule has 1 spiro atoms. The SMILES string of the molecule is CC1(C)CCC2(CC1)OCCC2=O. The molecule has 74 valence electrons. The van der Waals surface area contributed by atoms with Crippen molar-refractivity contribution in [3.8, 4) is 0 Å². The first-order chi connectivity index (χ1) is 6.04. The number of ether oxygens (including phenoxy) is 1. The number of rotatable bonds is 0. The Bertz CT molecular complexity index is 220. The van der Waals surface area contributed by atoms with Gasteiger partial charge in [0.25, 0.3) is 0 Å². The summed E-state index contributed by atoms with van der Waals surface area (Å²) >= 11 is 0. The van der Waals surface area contributed by atoms with E-state index in [1.54, 1.807) is 0 Å². The third kappa shape index (κ3) is 1.52. The Kier molecular flexibility index (Phi) is 1.99. The summed E-state index contributed by atoms with van der Waals surface area (Å²) in [6.07, 6.45) is 4.77. The highest BCUT2D eigenvalue weighted by Gasteiger charge is 2.47. The molecule has 0 aromatic rings. The molecule has 0 aromatic carbocycles. The summed E-state index contributed by atoms with van der Waals surface area (Å²) in [6, 6.07) is 0. The van der Waals surface area contributed by atoms with Crippen molar-refractivity contribution in [2.24, 2.45) is 5.41 Å². The molecule has 2 rings (SSSR count). The quantitative estimate of drug-likeness (QED) is 0.574. The van der Waals surface area contributed by atoms with Crippen LogP contribution in [0.15, 0.2) is 0 Å². The van der Waals surface area contributed by atoms with Gasteiger partial charge in [-0.2, -0.15) is 0 Å². The summed E-state index contributed by atoms with van der Waals surface area (Å²) in [5, 5.41) is 0. The number of Topliss-reactive ketones (excluding diaryl/α,β-unsaturated/α-hetero) is 1. The lowest BCUT2D eigenvalue weighted by molar-refractivity contribution is -0.137. The molecular weight excluding hydrogens is 164 g/mol. The second-order valence-corrected chi connectivity index (χ2v) is 5.18. The fourth-order valence-electron chi connectivity index (χ4n) is 2.40. The summed E-state index contributed by atoms with van der Waals surface area (Å²) in [4.78, 5) is 11.6. The van der Waals surface area contributed by atoms with Crippen molar-refractivity contribution in [1.82, 2.24) is 0 Å². The van der Waals surface area contributed by atoms with Crippen molar-refractivity contribution in [3.63, 3.8) is 0 Å². The Labute approximate surface area is 79.7 Å². The average Bonchev–Trinajstić information content (AvgIpc) is 2.41. The van der Waals surface area contributed by atoms with Crippen LogP contribution in [0.2, 0.25) is 0 Å². The first-order valence-electron chi connectivity index (χ1n) is 5.21. The van der Waals surface area contributed by atoms with Gasteiger partial charge >= 0.3 is 0 Å². The van der Waals surface area contributed by atoms with Gasteiger partial charge in [0.15, 0.2) is 5.78 Å². The molecule has 1 aliphatic heterocycles. The third-order valence-electron chi connectivity index (χ3n) is 3.63. The normalized spacial score (nSPS) is 31.1. The van der Waals surface area contributed by atoms with Crippen molar-refractivity contribution in [1.29, 1.82) is 0 Å². The maximum atomic E-state index is 11.6. The van der Waals surface area contributed by atoms with Gasteiger partial charge in [0.05, 0.1) is 6.61 Å². The molecule has 1 saturated heterocycles. The van der Waals surface area contributed by atoms with Crippen LogP contribution in [-0.2, 0) is 9.53 Å². The minimum Gasteiger partial charge on any atom is -0.367 e. The highest BCUT2D eigenvalue weighted by Crippen LogP contribution is 2.44. The van der Waals surface area contributed by atoms with Crippen molar-refractivity contribution in [2.75, 3.05) is 6.61 Å². The second-order valence-electron chi connectivity index (χ2n) is 5.18. The van der Waals surface area contributed by atoms with Crippen LogP contribution >= 0.6 is 0 Å². The number of carbonyl (C=O) groups excluding carboxylic acids is 1. The maximum absolute atomic E-state index is 11.6. The zero-order valence-electron chi connectivity index (χ0n) is 8.56. The van der Waals surface area contributed by atoms with Crippen molar-refractivity contribution >= 4 is 5.78 Å². The summed E-state index contributed by atoms with van der Waals surface area (Å²) in [5.41, 5.74) is 0.0625. The van der Waals surface area contributed by atoms with Crippen LogP contribution in [-0.4, -0.2) is 18.0 Å². The Morgan fingerprint density at radius 2 is 1.77 bits per heavy atom. The second kappa shape index (κ2) is 2.81. The zero-order chi connectivity index (χ0) is 9.53. The zero-order valence-corrected chi connectivity index (χ0v) is 8.56. The Balaban J connectivity index is 2.08. The Hall–Kier alpha value is -0.370. The highest BCUT2D eigenvalue weighted by atomic mass is 16.5. The van der Waals surface area contributed by atoms with E-state index in [1.807, 2.05) is 0 Å². The summed E-state index contributed by atoms with van der Waals surface area (Å²) in [7, 11) is 0. The smallest absolute Gasteiger partial charge is 0.166 e. The molecule has 0 N–H and O–H groups in total. The number of ketones is 1. The molecule has 1 saturated carbocycles.